The third-order valence-corrected chi connectivity index (χ3v) is 7.23. The number of pyridine rings is 1. The van der Waals surface area contributed by atoms with Crippen LogP contribution in [0.4, 0.5) is 0 Å². The number of hydrogen-bond donors (Lipinski definition) is 0. The molecule has 1 fully saturated rings. The van der Waals surface area contributed by atoms with E-state index in [4.69, 9.17) is 15.1 Å². The molecule has 180 valence electrons. The molecule has 8 nitrogen and oxygen atoms in total. The normalized spacial score (nSPS) is 14.5. The summed E-state index contributed by atoms with van der Waals surface area (Å²) >= 11 is 1.52. The maximum atomic E-state index is 12.5. The molecular formula is C25H26ClN7OS. The Bertz CT molecular complexity index is 1540. The number of halogens is 1. The first-order valence-corrected chi connectivity index (χ1v) is 12.7. The van der Waals surface area contributed by atoms with E-state index < -0.39 is 0 Å². The SMILES string of the molecule is Cl.O=c1cc(CSc2nc3ccccc3c3nc(CCN4CCCCC4)nn23)nc2ccccn12. The van der Waals surface area contributed by atoms with Crippen LogP contribution in [-0.2, 0) is 12.2 Å². The lowest BCUT2D eigenvalue weighted by atomic mass is 10.1. The smallest absolute Gasteiger partial charge is 0.258 e. The van der Waals surface area contributed by atoms with Gasteiger partial charge >= 0.3 is 0 Å². The number of piperidine rings is 1. The van der Waals surface area contributed by atoms with E-state index in [0.717, 1.165) is 59.3 Å². The van der Waals surface area contributed by atoms with Crippen molar-refractivity contribution in [2.75, 3.05) is 19.6 Å². The Kier molecular flexibility index (Phi) is 6.99. The first-order valence-electron chi connectivity index (χ1n) is 11.7. The van der Waals surface area contributed by atoms with Gasteiger partial charge in [0.25, 0.3) is 5.56 Å². The molecule has 0 atom stereocenters. The largest absolute Gasteiger partial charge is 0.303 e. The molecule has 0 unspecified atom stereocenters. The summed E-state index contributed by atoms with van der Waals surface area (Å²) in [6, 6.07) is 15.2. The third kappa shape index (κ3) is 4.89. The molecule has 1 aliphatic heterocycles. The van der Waals surface area contributed by atoms with Crippen LogP contribution in [-0.4, -0.2) is 53.5 Å². The number of para-hydroxylation sites is 1. The monoisotopic (exact) mass is 507 g/mol. The van der Waals surface area contributed by atoms with E-state index in [0.29, 0.717) is 11.4 Å². The number of aromatic nitrogens is 6. The lowest BCUT2D eigenvalue weighted by Crippen LogP contribution is -2.31. The summed E-state index contributed by atoms with van der Waals surface area (Å²) in [7, 11) is 0. The highest BCUT2D eigenvalue weighted by atomic mass is 35.5. The van der Waals surface area contributed by atoms with Crippen LogP contribution in [0.25, 0.3) is 22.2 Å². The highest BCUT2D eigenvalue weighted by Crippen LogP contribution is 2.26. The molecule has 0 N–H and O–H groups in total. The molecule has 1 aromatic carbocycles. The second-order valence-corrected chi connectivity index (χ2v) is 9.57. The third-order valence-electron chi connectivity index (χ3n) is 6.27. The summed E-state index contributed by atoms with van der Waals surface area (Å²) in [6.45, 7) is 3.31. The molecule has 0 saturated carbocycles. The molecule has 10 heteroatoms. The standard InChI is InChI=1S/C25H25N7OS.ClH/c33-23-16-18(26-22-10-4-7-14-31(22)23)17-34-25-27-20-9-3-2-8-19(20)24-28-21(29-32(24)25)11-15-30-12-5-1-6-13-30;/h2-4,7-10,14,16H,1,5-6,11-13,15,17H2;1H. The number of fused-ring (bicyclic) bond motifs is 4. The van der Waals surface area contributed by atoms with Gasteiger partial charge in [0.05, 0.1) is 11.2 Å². The average molecular weight is 508 g/mol. The van der Waals surface area contributed by atoms with E-state index in [1.165, 1.54) is 31.0 Å². The lowest BCUT2D eigenvalue weighted by molar-refractivity contribution is 0.230. The maximum absolute atomic E-state index is 12.5. The van der Waals surface area contributed by atoms with Gasteiger partial charge in [-0.2, -0.15) is 4.52 Å². The van der Waals surface area contributed by atoms with E-state index in [1.54, 1.807) is 16.7 Å². The fraction of sp³-hybridized carbons (Fsp3) is 0.320. The summed E-state index contributed by atoms with van der Waals surface area (Å²) in [5, 5.41) is 6.58. The van der Waals surface area contributed by atoms with Gasteiger partial charge in [0, 0.05) is 36.4 Å². The number of nitrogens with zero attached hydrogens (tertiary/aromatic N) is 7. The highest BCUT2D eigenvalue weighted by Gasteiger charge is 2.16. The van der Waals surface area contributed by atoms with Crippen LogP contribution in [0.5, 0.6) is 0 Å². The number of rotatable bonds is 6. The van der Waals surface area contributed by atoms with Gasteiger partial charge in [0.2, 0.25) is 0 Å². The first kappa shape index (κ1) is 23.7. The van der Waals surface area contributed by atoms with Crippen LogP contribution in [0, 0.1) is 0 Å². The van der Waals surface area contributed by atoms with E-state index in [9.17, 15) is 4.79 Å². The zero-order valence-electron chi connectivity index (χ0n) is 19.2. The van der Waals surface area contributed by atoms with E-state index in [1.807, 2.05) is 47.0 Å². The van der Waals surface area contributed by atoms with Crippen LogP contribution in [0.1, 0.15) is 30.8 Å². The number of thioether (sulfide) groups is 1. The summed E-state index contributed by atoms with van der Waals surface area (Å²) in [5.74, 6) is 1.36. The van der Waals surface area contributed by atoms with Crippen molar-refractivity contribution in [3.63, 3.8) is 0 Å². The van der Waals surface area contributed by atoms with Gasteiger partial charge in [0.1, 0.15) is 5.65 Å². The van der Waals surface area contributed by atoms with Gasteiger partial charge in [-0.15, -0.1) is 17.5 Å². The second-order valence-electron chi connectivity index (χ2n) is 8.63. The fourth-order valence-electron chi connectivity index (χ4n) is 4.53. The van der Waals surface area contributed by atoms with Gasteiger partial charge in [-0.25, -0.2) is 15.0 Å². The van der Waals surface area contributed by atoms with Crippen LogP contribution in [0.3, 0.4) is 0 Å². The number of benzene rings is 1. The molecule has 1 saturated heterocycles. The molecule has 0 aliphatic carbocycles. The van der Waals surface area contributed by atoms with Crippen molar-refractivity contribution in [1.29, 1.82) is 0 Å². The molecule has 5 heterocycles. The van der Waals surface area contributed by atoms with Gasteiger partial charge < -0.3 is 4.90 Å². The number of likely N-dealkylation sites (tertiary alicyclic amines) is 1. The summed E-state index contributed by atoms with van der Waals surface area (Å²) < 4.78 is 3.40. The topological polar surface area (TPSA) is 80.7 Å². The Morgan fingerprint density at radius 2 is 1.77 bits per heavy atom. The van der Waals surface area contributed by atoms with Crippen molar-refractivity contribution in [3.05, 3.63) is 76.6 Å². The highest BCUT2D eigenvalue weighted by molar-refractivity contribution is 7.98. The summed E-state index contributed by atoms with van der Waals surface area (Å²) in [6.07, 6.45) is 6.45. The average Bonchev–Trinajstić information content (AvgIpc) is 3.32. The van der Waals surface area contributed by atoms with Crippen molar-refractivity contribution in [2.45, 2.75) is 36.6 Å². The van der Waals surface area contributed by atoms with Gasteiger partial charge in [0.15, 0.2) is 16.6 Å². The summed E-state index contributed by atoms with van der Waals surface area (Å²) in [5.41, 5.74) is 2.99. The minimum atomic E-state index is -0.0847. The van der Waals surface area contributed by atoms with Crippen LogP contribution >= 0.6 is 24.2 Å². The minimum absolute atomic E-state index is 0. The molecule has 0 spiro atoms. The zero-order chi connectivity index (χ0) is 22.9. The maximum Gasteiger partial charge on any atom is 0.258 e. The van der Waals surface area contributed by atoms with Crippen LogP contribution < -0.4 is 5.56 Å². The van der Waals surface area contributed by atoms with Gasteiger partial charge in [-0.3, -0.25) is 9.20 Å². The quantitative estimate of drug-likeness (QED) is 0.253. The van der Waals surface area contributed by atoms with Crippen LogP contribution in [0.2, 0.25) is 0 Å². The van der Waals surface area contributed by atoms with Crippen molar-refractivity contribution < 1.29 is 0 Å². The van der Waals surface area contributed by atoms with Crippen molar-refractivity contribution in [3.8, 4) is 0 Å². The Morgan fingerprint density at radius 1 is 0.943 bits per heavy atom. The molecule has 4 aromatic heterocycles. The van der Waals surface area contributed by atoms with E-state index >= 15 is 0 Å². The lowest BCUT2D eigenvalue weighted by Gasteiger charge is -2.25. The van der Waals surface area contributed by atoms with Crippen molar-refractivity contribution >= 4 is 46.4 Å². The predicted octanol–water partition coefficient (Wildman–Crippen LogP) is 4.03. The summed E-state index contributed by atoms with van der Waals surface area (Å²) in [4.78, 5) is 29.4. The van der Waals surface area contributed by atoms with E-state index in [-0.39, 0.29) is 18.0 Å². The molecular weight excluding hydrogens is 482 g/mol. The van der Waals surface area contributed by atoms with Gasteiger partial charge in [-0.05, 0) is 50.2 Å². The molecule has 35 heavy (non-hydrogen) atoms. The fourth-order valence-corrected chi connectivity index (χ4v) is 5.37. The number of hydrogen-bond acceptors (Lipinski definition) is 7. The van der Waals surface area contributed by atoms with E-state index in [2.05, 4.69) is 9.88 Å². The second kappa shape index (κ2) is 10.3. The molecule has 1 aliphatic rings. The van der Waals surface area contributed by atoms with Gasteiger partial charge in [-0.1, -0.05) is 36.4 Å². The molecule has 0 bridgehead atoms. The molecule has 5 aromatic rings. The van der Waals surface area contributed by atoms with Crippen molar-refractivity contribution in [2.24, 2.45) is 0 Å². The Labute approximate surface area is 212 Å². The predicted molar refractivity (Wildman–Crippen MR) is 141 cm³/mol. The van der Waals surface area contributed by atoms with Crippen molar-refractivity contribution in [1.82, 2.24) is 33.9 Å². The zero-order valence-corrected chi connectivity index (χ0v) is 20.8. The minimum Gasteiger partial charge on any atom is -0.303 e. The Balaban J connectivity index is 0.00000253. The molecule has 0 radical (unpaired) electrons. The first-order chi connectivity index (χ1) is 16.7. The molecule has 6 rings (SSSR count). The molecule has 0 amide bonds. The Morgan fingerprint density at radius 3 is 2.66 bits per heavy atom. The Hall–Kier alpha value is -3.01. The van der Waals surface area contributed by atoms with Crippen LogP contribution in [0.15, 0.2) is 64.7 Å².